The number of ether oxygens (including phenoxy) is 1. The van der Waals surface area contributed by atoms with Crippen molar-refractivity contribution in [2.75, 3.05) is 32.5 Å². The van der Waals surface area contributed by atoms with Crippen LogP contribution < -0.4 is 10.6 Å². The van der Waals surface area contributed by atoms with Gasteiger partial charge in [0, 0.05) is 41.4 Å². The van der Waals surface area contributed by atoms with E-state index in [2.05, 4.69) is 15.6 Å². The highest BCUT2D eigenvalue weighted by molar-refractivity contribution is 14.0. The molecule has 5 nitrogen and oxygen atoms in total. The van der Waals surface area contributed by atoms with E-state index < -0.39 is 10.8 Å². The molecule has 0 aromatic heterocycles. The summed E-state index contributed by atoms with van der Waals surface area (Å²) in [5, 5.41) is 6.46. The number of rotatable bonds is 7. The first-order valence-corrected chi connectivity index (χ1v) is 10.2. The fourth-order valence-electron chi connectivity index (χ4n) is 2.59. The molecule has 1 fully saturated rings. The Hall–Kier alpha value is 0.110. The molecule has 0 bridgehead atoms. The van der Waals surface area contributed by atoms with Crippen LogP contribution in [0.1, 0.15) is 59.3 Å². The summed E-state index contributed by atoms with van der Waals surface area (Å²) in [5.74, 6) is 1.38. The SMILES string of the molecule is CN=C(NCCOC1CCCCCC1)NCCS(=O)C(C)(C)C.I. The summed E-state index contributed by atoms with van der Waals surface area (Å²) in [5.41, 5.74) is 0. The van der Waals surface area contributed by atoms with Crippen molar-refractivity contribution >= 4 is 40.7 Å². The standard InChI is InChI=1S/C17H35N3O2S.HI/c1-17(2,3)23(21)14-12-20-16(18-4)19-11-13-22-15-9-7-5-6-8-10-15;/h15H,5-14H2,1-4H3,(H2,18,19,20);1H. The van der Waals surface area contributed by atoms with Crippen molar-refractivity contribution in [3.8, 4) is 0 Å². The largest absolute Gasteiger partial charge is 0.376 e. The Balaban J connectivity index is 0.00000529. The minimum absolute atomic E-state index is 0. The first-order chi connectivity index (χ1) is 10.9. The second-order valence-electron chi connectivity index (χ2n) is 7.07. The van der Waals surface area contributed by atoms with E-state index in [9.17, 15) is 4.21 Å². The second-order valence-corrected chi connectivity index (χ2v) is 9.40. The molecular weight excluding hydrogens is 437 g/mol. The third kappa shape index (κ3) is 10.9. The molecule has 1 aliphatic carbocycles. The molecule has 0 amide bonds. The van der Waals surface area contributed by atoms with Gasteiger partial charge >= 0.3 is 0 Å². The van der Waals surface area contributed by atoms with E-state index >= 15 is 0 Å². The highest BCUT2D eigenvalue weighted by Crippen LogP contribution is 2.19. The Kier molecular flexibility index (Phi) is 13.4. The maximum Gasteiger partial charge on any atom is 0.191 e. The number of hydrogen-bond acceptors (Lipinski definition) is 3. The van der Waals surface area contributed by atoms with Gasteiger partial charge in [-0.2, -0.15) is 0 Å². The van der Waals surface area contributed by atoms with E-state index in [4.69, 9.17) is 4.74 Å². The molecule has 0 spiro atoms. The summed E-state index contributed by atoms with van der Waals surface area (Å²) >= 11 is 0. The Morgan fingerprint density at radius 2 is 1.71 bits per heavy atom. The predicted octanol–water partition coefficient (Wildman–Crippen LogP) is 3.06. The molecule has 7 heteroatoms. The maximum atomic E-state index is 12.0. The van der Waals surface area contributed by atoms with E-state index in [0.29, 0.717) is 25.0 Å². The number of hydrogen-bond donors (Lipinski definition) is 2. The molecule has 0 aliphatic heterocycles. The van der Waals surface area contributed by atoms with Crippen LogP contribution in [0, 0.1) is 0 Å². The van der Waals surface area contributed by atoms with Crippen LogP contribution in [0.2, 0.25) is 0 Å². The fourth-order valence-corrected chi connectivity index (χ4v) is 3.49. The van der Waals surface area contributed by atoms with E-state index in [-0.39, 0.29) is 28.7 Å². The molecule has 2 N–H and O–H groups in total. The van der Waals surface area contributed by atoms with Crippen molar-refractivity contribution in [2.24, 2.45) is 4.99 Å². The number of nitrogens with one attached hydrogen (secondary N) is 2. The molecule has 1 unspecified atom stereocenters. The van der Waals surface area contributed by atoms with Gasteiger partial charge in [0.05, 0.1) is 12.7 Å². The second kappa shape index (κ2) is 13.3. The lowest BCUT2D eigenvalue weighted by molar-refractivity contribution is 0.0468. The molecule has 0 saturated heterocycles. The van der Waals surface area contributed by atoms with Gasteiger partial charge in [0.25, 0.3) is 0 Å². The molecule has 0 heterocycles. The lowest BCUT2D eigenvalue weighted by atomic mass is 10.1. The van der Waals surface area contributed by atoms with Crippen LogP contribution >= 0.6 is 24.0 Å². The van der Waals surface area contributed by atoms with Crippen LogP contribution in [0.5, 0.6) is 0 Å². The molecule has 0 aromatic carbocycles. The average Bonchev–Trinajstić information content (AvgIpc) is 2.77. The summed E-state index contributed by atoms with van der Waals surface area (Å²) in [6.45, 7) is 8.12. The minimum atomic E-state index is -0.838. The lowest BCUT2D eigenvalue weighted by Gasteiger charge is -2.19. The zero-order valence-corrected chi connectivity index (χ0v) is 18.9. The normalized spacial score (nSPS) is 18.4. The Labute approximate surface area is 167 Å². The summed E-state index contributed by atoms with van der Waals surface area (Å²) in [4.78, 5) is 4.19. The van der Waals surface area contributed by atoms with Crippen molar-refractivity contribution in [1.29, 1.82) is 0 Å². The molecular formula is C17H36IN3O2S. The molecule has 0 radical (unpaired) electrons. The Bertz CT molecular complexity index is 379. The minimum Gasteiger partial charge on any atom is -0.376 e. The number of aliphatic imine (C=N–C) groups is 1. The summed E-state index contributed by atoms with van der Waals surface area (Å²) in [6, 6.07) is 0. The summed E-state index contributed by atoms with van der Waals surface area (Å²) in [7, 11) is 0.914. The molecule has 1 atom stereocenters. The van der Waals surface area contributed by atoms with Crippen molar-refractivity contribution in [3.63, 3.8) is 0 Å². The van der Waals surface area contributed by atoms with E-state index in [1.54, 1.807) is 7.05 Å². The fraction of sp³-hybridized carbons (Fsp3) is 0.941. The number of nitrogens with zero attached hydrogens (tertiary/aromatic N) is 1. The third-order valence-corrected chi connectivity index (χ3v) is 5.98. The van der Waals surface area contributed by atoms with Gasteiger partial charge in [-0.05, 0) is 33.6 Å². The zero-order valence-electron chi connectivity index (χ0n) is 15.7. The van der Waals surface area contributed by atoms with Crippen molar-refractivity contribution < 1.29 is 8.95 Å². The first kappa shape index (κ1) is 24.1. The first-order valence-electron chi connectivity index (χ1n) is 8.88. The zero-order chi connectivity index (χ0) is 17.1. The predicted molar refractivity (Wildman–Crippen MR) is 115 cm³/mol. The van der Waals surface area contributed by atoms with Gasteiger partial charge in [0.1, 0.15) is 0 Å². The van der Waals surface area contributed by atoms with Crippen LogP contribution in [-0.2, 0) is 15.5 Å². The van der Waals surface area contributed by atoms with Gasteiger partial charge in [0.15, 0.2) is 5.96 Å². The Morgan fingerprint density at radius 3 is 2.25 bits per heavy atom. The molecule has 1 rings (SSSR count). The van der Waals surface area contributed by atoms with Crippen LogP contribution in [0.4, 0.5) is 0 Å². The van der Waals surface area contributed by atoms with Crippen LogP contribution in [-0.4, -0.2) is 53.5 Å². The highest BCUT2D eigenvalue weighted by Gasteiger charge is 2.18. The van der Waals surface area contributed by atoms with Crippen molar-refractivity contribution in [3.05, 3.63) is 0 Å². The molecule has 0 aromatic rings. The maximum absolute atomic E-state index is 12.0. The molecule has 1 aliphatic rings. The van der Waals surface area contributed by atoms with Gasteiger partial charge in [-0.15, -0.1) is 24.0 Å². The van der Waals surface area contributed by atoms with Crippen molar-refractivity contribution in [2.45, 2.75) is 70.1 Å². The molecule has 24 heavy (non-hydrogen) atoms. The van der Waals surface area contributed by atoms with Gasteiger partial charge < -0.3 is 15.4 Å². The number of guanidine groups is 1. The van der Waals surface area contributed by atoms with Gasteiger partial charge in [-0.25, -0.2) is 0 Å². The lowest BCUT2D eigenvalue weighted by Crippen LogP contribution is -2.41. The van der Waals surface area contributed by atoms with Gasteiger partial charge in [-0.1, -0.05) is 25.7 Å². The van der Waals surface area contributed by atoms with Crippen molar-refractivity contribution in [1.82, 2.24) is 10.6 Å². The quantitative estimate of drug-likeness (QED) is 0.196. The summed E-state index contributed by atoms with van der Waals surface area (Å²) < 4.78 is 17.8. The smallest absolute Gasteiger partial charge is 0.191 e. The van der Waals surface area contributed by atoms with E-state index in [1.807, 2.05) is 20.8 Å². The third-order valence-electron chi connectivity index (χ3n) is 4.04. The van der Waals surface area contributed by atoms with E-state index in [1.165, 1.54) is 38.5 Å². The Morgan fingerprint density at radius 1 is 1.12 bits per heavy atom. The monoisotopic (exact) mass is 473 g/mol. The van der Waals surface area contributed by atoms with Crippen LogP contribution in [0.25, 0.3) is 0 Å². The highest BCUT2D eigenvalue weighted by atomic mass is 127. The average molecular weight is 473 g/mol. The van der Waals surface area contributed by atoms with E-state index in [0.717, 1.165) is 12.5 Å². The van der Waals surface area contributed by atoms with Gasteiger partial charge in [0.2, 0.25) is 0 Å². The van der Waals surface area contributed by atoms with Crippen LogP contribution in [0.15, 0.2) is 4.99 Å². The van der Waals surface area contributed by atoms with Crippen LogP contribution in [0.3, 0.4) is 0 Å². The topological polar surface area (TPSA) is 62.7 Å². The number of halogens is 1. The summed E-state index contributed by atoms with van der Waals surface area (Å²) in [6.07, 6.45) is 8.13. The molecule has 1 saturated carbocycles. The van der Waals surface area contributed by atoms with Gasteiger partial charge in [-0.3, -0.25) is 9.20 Å². The molecule has 144 valence electrons.